The van der Waals surface area contributed by atoms with Gasteiger partial charge in [-0.1, -0.05) is 12.1 Å². The van der Waals surface area contributed by atoms with E-state index < -0.39 is 12.0 Å². The number of hydrogen-bond acceptors (Lipinski definition) is 6. The summed E-state index contributed by atoms with van der Waals surface area (Å²) in [5.74, 6) is 0.976. The summed E-state index contributed by atoms with van der Waals surface area (Å²) >= 11 is 3.16. The Morgan fingerprint density at radius 3 is 2.46 bits per heavy atom. The summed E-state index contributed by atoms with van der Waals surface area (Å²) in [6.45, 7) is 0.242. The molecule has 8 heteroatoms. The van der Waals surface area contributed by atoms with Crippen LogP contribution in [0.5, 0.6) is 5.75 Å². The molecule has 4 saturated carbocycles. The highest BCUT2D eigenvalue weighted by molar-refractivity contribution is 7.18. The SMILES string of the molecule is O=C(NC(C(=O)O)C12CC3CC(CC(C3)C1)C2)c1ccc2sccc2c1OCc1nc2ccccc2s1. The zero-order valence-corrected chi connectivity index (χ0v) is 21.9. The van der Waals surface area contributed by atoms with Crippen molar-refractivity contribution in [1.82, 2.24) is 10.3 Å². The highest BCUT2D eigenvalue weighted by Crippen LogP contribution is 2.61. The Morgan fingerprint density at radius 2 is 1.76 bits per heavy atom. The van der Waals surface area contributed by atoms with E-state index in [9.17, 15) is 14.7 Å². The van der Waals surface area contributed by atoms with Crippen molar-refractivity contribution in [2.45, 2.75) is 51.2 Å². The number of carboxylic acids is 1. The van der Waals surface area contributed by atoms with Gasteiger partial charge in [0, 0.05) is 15.5 Å². The molecule has 1 unspecified atom stereocenters. The minimum atomic E-state index is -0.927. The van der Waals surface area contributed by atoms with Crippen LogP contribution in [0.3, 0.4) is 0 Å². The molecule has 190 valence electrons. The minimum absolute atomic E-state index is 0.242. The van der Waals surface area contributed by atoms with Crippen LogP contribution in [0.4, 0.5) is 0 Å². The second kappa shape index (κ2) is 8.81. The standard InChI is InChI=1S/C29H28N2O4S2/c32-27(31-26(28(33)34)29-12-16-9-17(13-29)11-18(10-16)14-29)20-5-6-22-19(7-8-36-22)25(20)35-15-24-30-21-3-1-2-4-23(21)37-24/h1-8,16-18,26H,9-15H2,(H,31,32)(H,33,34). The number of benzene rings is 2. The number of aromatic nitrogens is 1. The van der Waals surface area contributed by atoms with E-state index in [-0.39, 0.29) is 17.9 Å². The first kappa shape index (κ1) is 23.2. The molecule has 4 bridgehead atoms. The predicted molar refractivity (Wildman–Crippen MR) is 145 cm³/mol. The van der Waals surface area contributed by atoms with Crippen molar-refractivity contribution in [1.29, 1.82) is 0 Å². The Bertz CT molecular complexity index is 1450. The number of amides is 1. The van der Waals surface area contributed by atoms with Gasteiger partial charge in [-0.25, -0.2) is 9.78 Å². The van der Waals surface area contributed by atoms with Crippen LogP contribution in [0.2, 0.25) is 0 Å². The van der Waals surface area contributed by atoms with Gasteiger partial charge >= 0.3 is 5.97 Å². The van der Waals surface area contributed by atoms with Crippen molar-refractivity contribution < 1.29 is 19.4 Å². The summed E-state index contributed by atoms with van der Waals surface area (Å²) in [6.07, 6.45) is 6.37. The number of nitrogens with zero attached hydrogens (tertiary/aromatic N) is 1. The third-order valence-corrected chi connectivity index (χ3v) is 10.6. The second-order valence-electron chi connectivity index (χ2n) is 11.2. The quantitative estimate of drug-likeness (QED) is 0.284. The van der Waals surface area contributed by atoms with Gasteiger partial charge in [-0.3, -0.25) is 4.79 Å². The molecule has 6 nitrogen and oxygen atoms in total. The van der Waals surface area contributed by atoms with Crippen LogP contribution in [0.15, 0.2) is 47.8 Å². The number of aliphatic carboxylic acids is 1. The number of para-hydroxylation sites is 1. The monoisotopic (exact) mass is 532 g/mol. The number of fused-ring (bicyclic) bond motifs is 2. The van der Waals surface area contributed by atoms with E-state index in [2.05, 4.69) is 10.3 Å². The van der Waals surface area contributed by atoms with E-state index in [0.29, 0.717) is 29.1 Å². The molecule has 2 aromatic carbocycles. The number of carbonyl (C=O) groups is 2. The van der Waals surface area contributed by atoms with Gasteiger partial charge in [-0.2, -0.15) is 0 Å². The van der Waals surface area contributed by atoms with Crippen LogP contribution < -0.4 is 10.1 Å². The molecule has 4 aromatic rings. The lowest BCUT2D eigenvalue weighted by Gasteiger charge is -2.58. The molecule has 4 fully saturated rings. The zero-order valence-electron chi connectivity index (χ0n) is 20.3. The summed E-state index contributed by atoms with van der Waals surface area (Å²) in [5, 5.41) is 17.0. The van der Waals surface area contributed by atoms with E-state index in [1.165, 1.54) is 19.3 Å². The average Bonchev–Trinajstić information content (AvgIpc) is 3.51. The molecule has 4 aliphatic rings. The van der Waals surface area contributed by atoms with Crippen molar-refractivity contribution in [3.05, 3.63) is 58.4 Å². The Morgan fingerprint density at radius 1 is 1.03 bits per heavy atom. The smallest absolute Gasteiger partial charge is 0.326 e. The fourth-order valence-corrected chi connectivity index (χ4v) is 9.35. The summed E-state index contributed by atoms with van der Waals surface area (Å²) in [4.78, 5) is 31.0. The lowest BCUT2D eigenvalue weighted by atomic mass is 9.47. The van der Waals surface area contributed by atoms with E-state index in [1.807, 2.05) is 41.8 Å². The molecule has 2 aromatic heterocycles. The van der Waals surface area contributed by atoms with Crippen LogP contribution in [0, 0.1) is 23.2 Å². The Balaban J connectivity index is 1.19. The number of carbonyl (C=O) groups excluding carboxylic acids is 1. The number of rotatable bonds is 7. The summed E-state index contributed by atoms with van der Waals surface area (Å²) in [6, 6.07) is 12.7. The van der Waals surface area contributed by atoms with E-state index >= 15 is 0 Å². The maximum Gasteiger partial charge on any atom is 0.326 e. The van der Waals surface area contributed by atoms with Crippen molar-refractivity contribution in [3.8, 4) is 5.75 Å². The van der Waals surface area contributed by atoms with Gasteiger partial charge in [0.2, 0.25) is 0 Å². The summed E-state index contributed by atoms with van der Waals surface area (Å²) in [7, 11) is 0. The highest BCUT2D eigenvalue weighted by Gasteiger charge is 2.56. The number of nitrogens with one attached hydrogen (secondary N) is 1. The molecular formula is C29H28N2O4S2. The van der Waals surface area contributed by atoms with E-state index in [0.717, 1.165) is 44.6 Å². The van der Waals surface area contributed by atoms with E-state index in [4.69, 9.17) is 4.74 Å². The van der Waals surface area contributed by atoms with Crippen LogP contribution >= 0.6 is 22.7 Å². The molecule has 0 radical (unpaired) electrons. The van der Waals surface area contributed by atoms with Crippen LogP contribution in [0.25, 0.3) is 20.3 Å². The maximum atomic E-state index is 13.7. The van der Waals surface area contributed by atoms with Crippen molar-refractivity contribution in [2.24, 2.45) is 23.2 Å². The maximum absolute atomic E-state index is 13.7. The Labute approximate surface area is 222 Å². The second-order valence-corrected chi connectivity index (χ2v) is 13.2. The minimum Gasteiger partial charge on any atom is -0.485 e. The van der Waals surface area contributed by atoms with Crippen molar-refractivity contribution in [3.63, 3.8) is 0 Å². The number of carboxylic acid groups (broad SMARTS) is 1. The Kier molecular flexibility index (Phi) is 5.51. The van der Waals surface area contributed by atoms with Gasteiger partial charge < -0.3 is 15.2 Å². The molecular weight excluding hydrogens is 504 g/mol. The molecule has 37 heavy (non-hydrogen) atoms. The Hall–Kier alpha value is -2.97. The first-order chi connectivity index (χ1) is 18.0. The zero-order chi connectivity index (χ0) is 25.1. The third-order valence-electron chi connectivity index (χ3n) is 8.73. The third kappa shape index (κ3) is 4.01. The van der Waals surface area contributed by atoms with Crippen LogP contribution in [-0.2, 0) is 11.4 Å². The molecule has 2 N–H and O–H groups in total. The van der Waals surface area contributed by atoms with E-state index in [1.54, 1.807) is 28.7 Å². The number of thiophene rings is 1. The molecule has 0 spiro atoms. The highest BCUT2D eigenvalue weighted by atomic mass is 32.1. The van der Waals surface area contributed by atoms with Crippen LogP contribution in [-0.4, -0.2) is 28.0 Å². The number of hydrogen-bond donors (Lipinski definition) is 2. The van der Waals surface area contributed by atoms with Crippen molar-refractivity contribution >= 4 is 54.9 Å². The topological polar surface area (TPSA) is 88.5 Å². The van der Waals surface area contributed by atoms with Gasteiger partial charge in [0.15, 0.2) is 0 Å². The van der Waals surface area contributed by atoms with Crippen molar-refractivity contribution in [2.75, 3.05) is 0 Å². The van der Waals surface area contributed by atoms with Gasteiger partial charge in [0.1, 0.15) is 23.4 Å². The van der Waals surface area contributed by atoms with Gasteiger partial charge in [0.05, 0.1) is 15.8 Å². The van der Waals surface area contributed by atoms with Gasteiger partial charge in [-0.05, 0) is 92.0 Å². The normalized spacial score (nSPS) is 27.0. The van der Waals surface area contributed by atoms with Gasteiger partial charge in [0.25, 0.3) is 5.91 Å². The predicted octanol–water partition coefficient (Wildman–Crippen LogP) is 6.49. The first-order valence-corrected chi connectivity index (χ1v) is 14.7. The van der Waals surface area contributed by atoms with Gasteiger partial charge in [-0.15, -0.1) is 22.7 Å². The fourth-order valence-electron chi connectivity index (χ4n) is 7.68. The first-order valence-electron chi connectivity index (χ1n) is 13.0. The molecule has 1 amide bonds. The molecule has 4 aliphatic carbocycles. The molecule has 1 atom stereocenters. The number of thiazole rings is 1. The summed E-state index contributed by atoms with van der Waals surface area (Å²) in [5.41, 5.74) is 0.964. The number of ether oxygens (including phenoxy) is 1. The largest absolute Gasteiger partial charge is 0.485 e. The molecule has 8 rings (SSSR count). The molecule has 0 saturated heterocycles. The molecule has 0 aliphatic heterocycles. The lowest BCUT2D eigenvalue weighted by Crippen LogP contribution is -2.59. The molecule has 2 heterocycles. The van der Waals surface area contributed by atoms with Crippen LogP contribution in [0.1, 0.15) is 53.9 Å². The lowest BCUT2D eigenvalue weighted by molar-refractivity contribution is -0.150. The average molecular weight is 533 g/mol. The fraction of sp³-hybridized carbons (Fsp3) is 0.414. The summed E-state index contributed by atoms with van der Waals surface area (Å²) < 4.78 is 8.39.